The van der Waals surface area contributed by atoms with Crippen molar-refractivity contribution in [2.24, 2.45) is 0 Å². The average Bonchev–Trinajstić information content (AvgIpc) is 2.79. The van der Waals surface area contributed by atoms with Gasteiger partial charge in [0.15, 0.2) is 6.54 Å². The molecule has 0 amide bonds. The quantitative estimate of drug-likeness (QED) is 0.858. The molecular weight excluding hydrogens is 324 g/mol. The number of aryl methyl sites for hydroxylation is 1. The fourth-order valence-corrected chi connectivity index (χ4v) is 4.16. The summed E-state index contributed by atoms with van der Waals surface area (Å²) in [5.41, 5.74) is 2.11. The van der Waals surface area contributed by atoms with Crippen molar-refractivity contribution in [1.29, 1.82) is 0 Å². The standard InChI is InChI=1S/C22H27N2O2/c1-17-7-9-18(10-8-17)22(25)16-23-15-5-3-4-6-21(23)24(22)19-11-13-20(26-2)14-12-19/h7-14,25H,3-6,15-16H2,1-2H3/q+1. The molecule has 26 heavy (non-hydrogen) atoms. The molecule has 0 aromatic heterocycles. The van der Waals surface area contributed by atoms with Crippen molar-refractivity contribution in [3.8, 4) is 5.75 Å². The van der Waals surface area contributed by atoms with Gasteiger partial charge in [-0.2, -0.15) is 4.90 Å². The first kappa shape index (κ1) is 17.1. The molecule has 1 N–H and O–H groups in total. The molecule has 4 rings (SSSR count). The van der Waals surface area contributed by atoms with E-state index in [2.05, 4.69) is 40.7 Å². The molecular formula is C22H27N2O2+. The summed E-state index contributed by atoms with van der Waals surface area (Å²) >= 11 is 0. The molecule has 0 spiro atoms. The van der Waals surface area contributed by atoms with E-state index in [4.69, 9.17) is 4.74 Å². The van der Waals surface area contributed by atoms with Gasteiger partial charge in [0.1, 0.15) is 11.4 Å². The van der Waals surface area contributed by atoms with E-state index in [1.54, 1.807) is 7.11 Å². The summed E-state index contributed by atoms with van der Waals surface area (Å²) in [7, 11) is 1.68. The predicted octanol–water partition coefficient (Wildman–Crippen LogP) is 3.65. The van der Waals surface area contributed by atoms with Crippen LogP contribution in [0, 0.1) is 6.92 Å². The van der Waals surface area contributed by atoms with Crippen molar-refractivity contribution in [3.05, 3.63) is 59.7 Å². The highest BCUT2D eigenvalue weighted by atomic mass is 16.5. The molecule has 4 heteroatoms. The first-order chi connectivity index (χ1) is 12.6. The van der Waals surface area contributed by atoms with Gasteiger partial charge >= 0.3 is 0 Å². The molecule has 2 heterocycles. The Labute approximate surface area is 155 Å². The van der Waals surface area contributed by atoms with Gasteiger partial charge in [-0.3, -0.25) is 4.58 Å². The van der Waals surface area contributed by atoms with Crippen molar-refractivity contribution >= 4 is 11.5 Å². The third kappa shape index (κ3) is 2.88. The van der Waals surface area contributed by atoms with Gasteiger partial charge < -0.3 is 9.84 Å². The van der Waals surface area contributed by atoms with Gasteiger partial charge in [-0.1, -0.05) is 29.8 Å². The Morgan fingerprint density at radius 1 is 1.00 bits per heavy atom. The van der Waals surface area contributed by atoms with Gasteiger partial charge in [-0.05, 0) is 50.5 Å². The number of methoxy groups -OCH3 is 1. The Morgan fingerprint density at radius 3 is 2.42 bits per heavy atom. The lowest BCUT2D eigenvalue weighted by atomic mass is 9.99. The number of amidine groups is 1. The normalized spacial score (nSPS) is 23.0. The topological polar surface area (TPSA) is 35.7 Å². The SMILES string of the molecule is COc1ccc(N2C3=[N+](CCCCC3)CC2(O)c2ccc(C)cc2)cc1. The summed E-state index contributed by atoms with van der Waals surface area (Å²) in [5.74, 6) is 2.06. The second kappa shape index (κ2) is 6.76. The summed E-state index contributed by atoms with van der Waals surface area (Å²) in [6.07, 6.45) is 4.60. The van der Waals surface area contributed by atoms with Crippen molar-refractivity contribution < 1.29 is 14.4 Å². The molecule has 2 aliphatic heterocycles. The van der Waals surface area contributed by atoms with E-state index in [1.165, 1.54) is 30.7 Å². The number of hydrogen-bond donors (Lipinski definition) is 1. The van der Waals surface area contributed by atoms with E-state index in [-0.39, 0.29) is 0 Å². The predicted molar refractivity (Wildman–Crippen MR) is 104 cm³/mol. The highest BCUT2D eigenvalue weighted by Crippen LogP contribution is 2.38. The van der Waals surface area contributed by atoms with Crippen LogP contribution in [-0.4, -0.2) is 35.7 Å². The lowest BCUT2D eigenvalue weighted by Crippen LogP contribution is -2.47. The average molecular weight is 351 g/mol. The van der Waals surface area contributed by atoms with Gasteiger partial charge in [0.2, 0.25) is 0 Å². The van der Waals surface area contributed by atoms with E-state index >= 15 is 0 Å². The van der Waals surface area contributed by atoms with Crippen molar-refractivity contribution in [2.45, 2.75) is 38.3 Å². The zero-order valence-corrected chi connectivity index (χ0v) is 15.6. The van der Waals surface area contributed by atoms with Crippen LogP contribution < -0.4 is 9.64 Å². The molecule has 1 unspecified atom stereocenters. The first-order valence-corrected chi connectivity index (χ1v) is 9.46. The van der Waals surface area contributed by atoms with Crippen molar-refractivity contribution in [1.82, 2.24) is 0 Å². The zero-order valence-electron chi connectivity index (χ0n) is 15.6. The number of nitrogens with zero attached hydrogens (tertiary/aromatic N) is 2. The van der Waals surface area contributed by atoms with E-state index in [9.17, 15) is 5.11 Å². The summed E-state index contributed by atoms with van der Waals surface area (Å²) in [6.45, 7) is 3.69. The van der Waals surface area contributed by atoms with E-state index in [0.29, 0.717) is 6.54 Å². The first-order valence-electron chi connectivity index (χ1n) is 9.46. The molecule has 2 aromatic rings. The highest BCUT2D eigenvalue weighted by molar-refractivity contribution is 5.97. The number of hydrogen-bond acceptors (Lipinski definition) is 3. The maximum absolute atomic E-state index is 11.8. The van der Waals surface area contributed by atoms with Crippen LogP contribution in [0.15, 0.2) is 48.5 Å². The largest absolute Gasteiger partial charge is 0.497 e. The highest BCUT2D eigenvalue weighted by Gasteiger charge is 2.53. The van der Waals surface area contributed by atoms with Crippen LogP contribution in [0.2, 0.25) is 0 Å². The fourth-order valence-electron chi connectivity index (χ4n) is 4.16. The van der Waals surface area contributed by atoms with Gasteiger partial charge in [-0.15, -0.1) is 0 Å². The second-order valence-electron chi connectivity index (χ2n) is 7.36. The maximum atomic E-state index is 11.8. The Bertz CT molecular complexity index is 811. The summed E-state index contributed by atoms with van der Waals surface area (Å²) in [4.78, 5) is 2.14. The van der Waals surface area contributed by atoms with Gasteiger partial charge in [0.05, 0.1) is 13.7 Å². The van der Waals surface area contributed by atoms with Gasteiger partial charge in [-0.25, -0.2) is 0 Å². The van der Waals surface area contributed by atoms with E-state index in [0.717, 1.165) is 30.0 Å². The summed E-state index contributed by atoms with van der Waals surface area (Å²) in [6, 6.07) is 16.3. The minimum atomic E-state index is -1.05. The fraction of sp³-hybridized carbons (Fsp3) is 0.409. The Kier molecular flexibility index (Phi) is 4.45. The van der Waals surface area contributed by atoms with E-state index < -0.39 is 5.72 Å². The molecule has 2 aliphatic rings. The zero-order chi connectivity index (χ0) is 18.1. The molecule has 0 fully saturated rings. The minimum Gasteiger partial charge on any atom is -0.497 e. The van der Waals surface area contributed by atoms with Gasteiger partial charge in [0.25, 0.3) is 11.6 Å². The van der Waals surface area contributed by atoms with Crippen LogP contribution in [-0.2, 0) is 5.72 Å². The van der Waals surface area contributed by atoms with Crippen LogP contribution in [0.4, 0.5) is 5.69 Å². The van der Waals surface area contributed by atoms with Crippen molar-refractivity contribution in [3.63, 3.8) is 0 Å². The molecule has 0 saturated carbocycles. The molecule has 4 nitrogen and oxygen atoms in total. The lowest BCUT2D eigenvalue weighted by molar-refractivity contribution is -0.534. The monoisotopic (exact) mass is 351 g/mol. The second-order valence-corrected chi connectivity index (χ2v) is 7.36. The van der Waals surface area contributed by atoms with Crippen LogP contribution in [0.1, 0.15) is 36.8 Å². The number of benzene rings is 2. The molecule has 0 radical (unpaired) electrons. The number of aliphatic hydroxyl groups is 1. The minimum absolute atomic E-state index is 0.609. The Morgan fingerprint density at radius 2 is 1.73 bits per heavy atom. The molecule has 2 aromatic carbocycles. The molecule has 0 bridgehead atoms. The van der Waals surface area contributed by atoms with Gasteiger partial charge in [0, 0.05) is 12.0 Å². The Hall–Kier alpha value is -2.33. The van der Waals surface area contributed by atoms with Crippen LogP contribution in [0.3, 0.4) is 0 Å². The molecule has 136 valence electrons. The van der Waals surface area contributed by atoms with Crippen LogP contribution in [0.25, 0.3) is 0 Å². The number of anilines is 1. The molecule has 1 atom stereocenters. The third-order valence-electron chi connectivity index (χ3n) is 5.58. The van der Waals surface area contributed by atoms with Crippen LogP contribution in [0.5, 0.6) is 5.75 Å². The molecule has 0 aliphatic carbocycles. The third-order valence-corrected chi connectivity index (χ3v) is 5.58. The van der Waals surface area contributed by atoms with E-state index in [1.807, 2.05) is 24.3 Å². The number of ether oxygens (including phenoxy) is 1. The summed E-state index contributed by atoms with van der Waals surface area (Å²) in [5, 5.41) is 11.8. The smallest absolute Gasteiger partial charge is 0.275 e. The van der Waals surface area contributed by atoms with Crippen LogP contribution >= 0.6 is 0 Å². The van der Waals surface area contributed by atoms with Crippen molar-refractivity contribution in [2.75, 3.05) is 25.1 Å². The molecule has 0 saturated heterocycles. The maximum Gasteiger partial charge on any atom is 0.275 e. The lowest BCUT2D eigenvalue weighted by Gasteiger charge is -2.29. The Balaban J connectivity index is 1.81. The summed E-state index contributed by atoms with van der Waals surface area (Å²) < 4.78 is 7.68. The number of rotatable bonds is 3.